The van der Waals surface area contributed by atoms with Crippen molar-refractivity contribution in [1.82, 2.24) is 5.32 Å². The summed E-state index contributed by atoms with van der Waals surface area (Å²) in [5.74, 6) is 2.58. The summed E-state index contributed by atoms with van der Waals surface area (Å²) in [5, 5.41) is 3.37. The molecule has 2 aliphatic rings. The van der Waals surface area contributed by atoms with Gasteiger partial charge in [0.05, 0.1) is 0 Å². The van der Waals surface area contributed by atoms with Gasteiger partial charge in [-0.2, -0.15) is 0 Å². The Morgan fingerprint density at radius 2 is 2.16 bits per heavy atom. The quantitative estimate of drug-likeness (QED) is 0.847. The van der Waals surface area contributed by atoms with E-state index in [-0.39, 0.29) is 11.9 Å². The Balaban J connectivity index is 1.73. The van der Waals surface area contributed by atoms with Gasteiger partial charge in [0, 0.05) is 10.5 Å². The van der Waals surface area contributed by atoms with Crippen molar-refractivity contribution in [3.05, 3.63) is 34.1 Å². The molecule has 0 amide bonds. The van der Waals surface area contributed by atoms with Crippen LogP contribution in [0.3, 0.4) is 0 Å². The summed E-state index contributed by atoms with van der Waals surface area (Å²) in [6.07, 6.45) is 6.83. The Kier molecular flexibility index (Phi) is 3.95. The molecule has 0 saturated heterocycles. The number of rotatable bonds is 4. The maximum atomic E-state index is 13.5. The van der Waals surface area contributed by atoms with Gasteiger partial charge in [-0.1, -0.05) is 22.4 Å². The molecule has 0 aliphatic heterocycles. The third-order valence-corrected chi connectivity index (χ3v) is 5.52. The van der Waals surface area contributed by atoms with Crippen molar-refractivity contribution in [2.75, 3.05) is 7.05 Å². The lowest BCUT2D eigenvalue weighted by Crippen LogP contribution is -2.22. The lowest BCUT2D eigenvalue weighted by atomic mass is 9.83. The normalized spacial score (nSPS) is 30.8. The van der Waals surface area contributed by atoms with Gasteiger partial charge in [0.25, 0.3) is 0 Å². The topological polar surface area (TPSA) is 12.0 Å². The molecule has 2 bridgehead atoms. The van der Waals surface area contributed by atoms with E-state index in [2.05, 4.69) is 21.2 Å². The molecular formula is C16H21BrFN. The predicted octanol–water partition coefficient (Wildman–Crippen LogP) is 4.68. The fourth-order valence-corrected chi connectivity index (χ4v) is 4.65. The van der Waals surface area contributed by atoms with Crippen LogP contribution in [0.5, 0.6) is 0 Å². The number of nitrogens with one attached hydrogen (secondary N) is 1. The summed E-state index contributed by atoms with van der Waals surface area (Å²) >= 11 is 3.39. The van der Waals surface area contributed by atoms with Crippen LogP contribution in [0, 0.1) is 23.6 Å². The number of hydrogen-bond acceptors (Lipinski definition) is 1. The number of halogens is 2. The van der Waals surface area contributed by atoms with E-state index in [0.29, 0.717) is 0 Å². The van der Waals surface area contributed by atoms with Crippen molar-refractivity contribution >= 4 is 15.9 Å². The molecule has 1 nitrogen and oxygen atoms in total. The fourth-order valence-electron chi connectivity index (χ4n) is 4.16. The summed E-state index contributed by atoms with van der Waals surface area (Å²) in [6.45, 7) is 0. The maximum Gasteiger partial charge on any atom is 0.124 e. The molecular weight excluding hydrogens is 305 g/mol. The molecule has 2 fully saturated rings. The SMILES string of the molecule is CNC(CC1CC2CCC1C2)c1cc(F)cc(Br)c1. The third-order valence-electron chi connectivity index (χ3n) is 5.06. The van der Waals surface area contributed by atoms with E-state index in [9.17, 15) is 4.39 Å². The van der Waals surface area contributed by atoms with E-state index in [1.165, 1.54) is 31.7 Å². The minimum Gasteiger partial charge on any atom is -0.313 e. The van der Waals surface area contributed by atoms with Gasteiger partial charge in [-0.3, -0.25) is 0 Å². The zero-order valence-corrected chi connectivity index (χ0v) is 12.9. The Bertz CT molecular complexity index is 442. The van der Waals surface area contributed by atoms with E-state index in [4.69, 9.17) is 0 Å². The van der Waals surface area contributed by atoms with Crippen molar-refractivity contribution in [3.63, 3.8) is 0 Å². The van der Waals surface area contributed by atoms with Gasteiger partial charge >= 0.3 is 0 Å². The number of hydrogen-bond donors (Lipinski definition) is 1. The van der Waals surface area contributed by atoms with Crippen LogP contribution in [0.15, 0.2) is 22.7 Å². The van der Waals surface area contributed by atoms with Crippen LogP contribution in [0.4, 0.5) is 4.39 Å². The first-order valence-corrected chi connectivity index (χ1v) is 8.08. The monoisotopic (exact) mass is 325 g/mol. The van der Waals surface area contributed by atoms with Crippen molar-refractivity contribution in [1.29, 1.82) is 0 Å². The molecule has 4 unspecified atom stereocenters. The molecule has 4 atom stereocenters. The highest BCUT2D eigenvalue weighted by atomic mass is 79.9. The molecule has 19 heavy (non-hydrogen) atoms. The van der Waals surface area contributed by atoms with Gasteiger partial charge in [0.2, 0.25) is 0 Å². The van der Waals surface area contributed by atoms with E-state index in [0.717, 1.165) is 34.2 Å². The largest absolute Gasteiger partial charge is 0.313 e. The second-order valence-electron chi connectivity index (χ2n) is 6.21. The first kappa shape index (κ1) is 13.6. The van der Waals surface area contributed by atoms with Crippen LogP contribution in [0.25, 0.3) is 0 Å². The van der Waals surface area contributed by atoms with Crippen molar-refractivity contribution < 1.29 is 4.39 Å². The van der Waals surface area contributed by atoms with E-state index >= 15 is 0 Å². The van der Waals surface area contributed by atoms with Gasteiger partial charge in [-0.25, -0.2) is 4.39 Å². The summed E-state index contributed by atoms with van der Waals surface area (Å²) in [6, 6.07) is 5.50. The summed E-state index contributed by atoms with van der Waals surface area (Å²) < 4.78 is 14.4. The molecule has 1 aromatic rings. The highest BCUT2D eigenvalue weighted by Crippen LogP contribution is 2.50. The molecule has 1 N–H and O–H groups in total. The average molecular weight is 326 g/mol. The molecule has 0 aromatic heterocycles. The molecule has 0 heterocycles. The lowest BCUT2D eigenvalue weighted by molar-refractivity contribution is 0.284. The molecule has 3 heteroatoms. The lowest BCUT2D eigenvalue weighted by Gasteiger charge is -2.27. The zero-order chi connectivity index (χ0) is 13.4. The maximum absolute atomic E-state index is 13.5. The summed E-state index contributed by atoms with van der Waals surface area (Å²) in [5.41, 5.74) is 1.07. The highest BCUT2D eigenvalue weighted by molar-refractivity contribution is 9.10. The zero-order valence-electron chi connectivity index (χ0n) is 11.3. The summed E-state index contributed by atoms with van der Waals surface area (Å²) in [4.78, 5) is 0. The number of benzene rings is 1. The van der Waals surface area contributed by atoms with Gasteiger partial charge in [-0.15, -0.1) is 0 Å². The Labute approximate surface area is 123 Å². The number of fused-ring (bicyclic) bond motifs is 2. The molecule has 2 saturated carbocycles. The van der Waals surface area contributed by atoms with E-state index in [1.807, 2.05) is 13.1 Å². The first-order chi connectivity index (χ1) is 9.15. The van der Waals surface area contributed by atoms with Crippen molar-refractivity contribution in [3.8, 4) is 0 Å². The smallest absolute Gasteiger partial charge is 0.124 e. The Morgan fingerprint density at radius 1 is 1.32 bits per heavy atom. The van der Waals surface area contributed by atoms with Crippen molar-refractivity contribution in [2.45, 2.75) is 38.1 Å². The van der Waals surface area contributed by atoms with Gasteiger partial charge in [-0.05, 0) is 74.2 Å². The molecule has 3 rings (SSSR count). The average Bonchev–Trinajstić information content (AvgIpc) is 2.96. The molecule has 0 radical (unpaired) electrons. The second-order valence-corrected chi connectivity index (χ2v) is 7.13. The highest BCUT2D eigenvalue weighted by Gasteiger charge is 2.40. The minimum atomic E-state index is -0.155. The Hall–Kier alpha value is -0.410. The molecule has 1 aromatic carbocycles. The van der Waals surface area contributed by atoms with E-state index < -0.39 is 0 Å². The van der Waals surface area contributed by atoms with Gasteiger partial charge in [0.1, 0.15) is 5.82 Å². The van der Waals surface area contributed by atoms with Crippen LogP contribution >= 0.6 is 15.9 Å². The van der Waals surface area contributed by atoms with Crippen LogP contribution in [0.1, 0.15) is 43.7 Å². The van der Waals surface area contributed by atoms with Crippen LogP contribution in [-0.4, -0.2) is 7.05 Å². The third kappa shape index (κ3) is 2.87. The van der Waals surface area contributed by atoms with Gasteiger partial charge < -0.3 is 5.32 Å². The molecule has 2 aliphatic carbocycles. The van der Waals surface area contributed by atoms with Gasteiger partial charge in [0.15, 0.2) is 0 Å². The van der Waals surface area contributed by atoms with Crippen LogP contribution in [0.2, 0.25) is 0 Å². The fraction of sp³-hybridized carbons (Fsp3) is 0.625. The Morgan fingerprint density at radius 3 is 2.74 bits per heavy atom. The molecule has 104 valence electrons. The van der Waals surface area contributed by atoms with Crippen molar-refractivity contribution in [2.24, 2.45) is 17.8 Å². The summed E-state index contributed by atoms with van der Waals surface area (Å²) in [7, 11) is 1.98. The first-order valence-electron chi connectivity index (χ1n) is 7.29. The van der Waals surface area contributed by atoms with Crippen LogP contribution < -0.4 is 5.32 Å². The van der Waals surface area contributed by atoms with Crippen LogP contribution in [-0.2, 0) is 0 Å². The van der Waals surface area contributed by atoms with E-state index in [1.54, 1.807) is 6.07 Å². The standard InChI is InChI=1S/C16H21BrFN/c1-19-16(13-6-14(17)9-15(18)7-13)8-12-5-10-2-3-11(12)4-10/h6-7,9-12,16,19H,2-5,8H2,1H3. The minimum absolute atomic E-state index is 0.155. The second kappa shape index (κ2) is 5.53. The predicted molar refractivity (Wildman–Crippen MR) is 79.5 cm³/mol. The molecule has 0 spiro atoms.